The van der Waals surface area contributed by atoms with Gasteiger partial charge in [0, 0.05) is 6.54 Å². The van der Waals surface area contributed by atoms with Gasteiger partial charge < -0.3 is 14.8 Å². The molecule has 0 aromatic heterocycles. The maximum atomic E-state index is 13.6. The average Bonchev–Trinajstić information content (AvgIpc) is 2.58. The third-order valence-electron chi connectivity index (χ3n) is 3.15. The van der Waals surface area contributed by atoms with E-state index >= 15 is 0 Å². The van der Waals surface area contributed by atoms with E-state index in [-0.39, 0.29) is 17.1 Å². The zero-order valence-electron chi connectivity index (χ0n) is 12.8. The normalized spacial score (nSPS) is 10.1. The first-order chi connectivity index (χ1) is 11.5. The number of hydrogen-bond donors (Lipinski definition) is 1. The van der Waals surface area contributed by atoms with Crippen molar-refractivity contribution in [1.82, 2.24) is 5.32 Å². The van der Waals surface area contributed by atoms with Crippen molar-refractivity contribution in [3.63, 3.8) is 0 Å². The largest absolute Gasteiger partial charge is 0.497 e. The van der Waals surface area contributed by atoms with E-state index in [0.717, 1.165) is 11.6 Å². The maximum absolute atomic E-state index is 13.6. The van der Waals surface area contributed by atoms with Crippen LogP contribution in [0.15, 0.2) is 42.5 Å². The molecule has 1 amide bonds. The predicted octanol–water partition coefficient (Wildman–Crippen LogP) is 2.96. The molecule has 2 aromatic rings. The van der Waals surface area contributed by atoms with Crippen LogP contribution in [0.5, 0.6) is 5.75 Å². The highest BCUT2D eigenvalue weighted by Crippen LogP contribution is 2.19. The van der Waals surface area contributed by atoms with Gasteiger partial charge in [-0.1, -0.05) is 29.8 Å². The molecule has 0 unspecified atom stereocenters. The third-order valence-corrected chi connectivity index (χ3v) is 3.46. The Morgan fingerprint density at radius 2 is 1.88 bits per heavy atom. The molecule has 2 aromatic carbocycles. The molecular weight excluding hydrogens is 337 g/mol. The molecule has 0 saturated heterocycles. The number of benzene rings is 2. The lowest BCUT2D eigenvalue weighted by atomic mass is 10.2. The number of hydrogen-bond acceptors (Lipinski definition) is 4. The summed E-state index contributed by atoms with van der Waals surface area (Å²) in [6, 6.07) is 10.9. The summed E-state index contributed by atoms with van der Waals surface area (Å²) in [5.74, 6) is -1.59. The van der Waals surface area contributed by atoms with Crippen molar-refractivity contribution >= 4 is 23.5 Å². The summed E-state index contributed by atoms with van der Waals surface area (Å²) in [6.07, 6.45) is 0. The van der Waals surface area contributed by atoms with Crippen molar-refractivity contribution < 1.29 is 23.5 Å². The molecule has 0 saturated carbocycles. The van der Waals surface area contributed by atoms with Gasteiger partial charge in [-0.2, -0.15) is 0 Å². The molecule has 0 bridgehead atoms. The molecule has 126 valence electrons. The second-order valence-electron chi connectivity index (χ2n) is 4.80. The number of nitrogens with one attached hydrogen (secondary N) is 1. The van der Waals surface area contributed by atoms with Gasteiger partial charge >= 0.3 is 5.97 Å². The zero-order chi connectivity index (χ0) is 17.5. The van der Waals surface area contributed by atoms with Crippen molar-refractivity contribution in [2.24, 2.45) is 0 Å². The van der Waals surface area contributed by atoms with E-state index in [1.165, 1.54) is 12.1 Å². The Morgan fingerprint density at radius 3 is 2.50 bits per heavy atom. The molecule has 2 rings (SSSR count). The number of esters is 1. The second kappa shape index (κ2) is 8.31. The van der Waals surface area contributed by atoms with Crippen molar-refractivity contribution in [1.29, 1.82) is 0 Å². The minimum Gasteiger partial charge on any atom is -0.497 e. The van der Waals surface area contributed by atoms with Gasteiger partial charge in [-0.25, -0.2) is 9.18 Å². The van der Waals surface area contributed by atoms with Crippen LogP contribution in [0.4, 0.5) is 4.39 Å². The fourth-order valence-corrected chi connectivity index (χ4v) is 2.13. The summed E-state index contributed by atoms with van der Waals surface area (Å²) in [7, 11) is 1.56. The SMILES string of the molecule is COc1ccc(CNC(=O)COC(=O)c2c(F)cccc2Cl)cc1. The zero-order valence-corrected chi connectivity index (χ0v) is 13.6. The van der Waals surface area contributed by atoms with Gasteiger partial charge in [0.05, 0.1) is 12.1 Å². The van der Waals surface area contributed by atoms with Crippen LogP contribution in [0.1, 0.15) is 15.9 Å². The van der Waals surface area contributed by atoms with E-state index in [4.69, 9.17) is 21.1 Å². The summed E-state index contributed by atoms with van der Waals surface area (Å²) in [4.78, 5) is 23.5. The summed E-state index contributed by atoms with van der Waals surface area (Å²) in [5, 5.41) is 2.52. The van der Waals surface area contributed by atoms with Crippen molar-refractivity contribution in [3.05, 3.63) is 64.4 Å². The standard InChI is InChI=1S/C17H15ClFNO4/c1-23-12-7-5-11(6-8-12)9-20-15(21)10-24-17(22)16-13(18)3-2-4-14(16)19/h2-8H,9-10H2,1H3,(H,20,21). The van der Waals surface area contributed by atoms with E-state index in [1.807, 2.05) is 0 Å². The second-order valence-corrected chi connectivity index (χ2v) is 5.20. The molecule has 0 atom stereocenters. The highest BCUT2D eigenvalue weighted by molar-refractivity contribution is 6.33. The van der Waals surface area contributed by atoms with Crippen molar-refractivity contribution in [2.75, 3.05) is 13.7 Å². The van der Waals surface area contributed by atoms with E-state index in [9.17, 15) is 14.0 Å². The summed E-state index contributed by atoms with van der Waals surface area (Å²) in [6.45, 7) is -0.263. The topological polar surface area (TPSA) is 64.6 Å². The highest BCUT2D eigenvalue weighted by Gasteiger charge is 2.18. The van der Waals surface area contributed by atoms with Crippen LogP contribution in [-0.2, 0) is 16.1 Å². The Morgan fingerprint density at radius 1 is 1.17 bits per heavy atom. The maximum Gasteiger partial charge on any atom is 0.343 e. The third kappa shape index (κ3) is 4.70. The van der Waals surface area contributed by atoms with Gasteiger partial charge in [-0.05, 0) is 29.8 Å². The van der Waals surface area contributed by atoms with E-state index in [0.29, 0.717) is 5.75 Å². The van der Waals surface area contributed by atoms with E-state index in [2.05, 4.69) is 5.32 Å². The van der Waals surface area contributed by atoms with Gasteiger partial charge in [-0.3, -0.25) is 4.79 Å². The van der Waals surface area contributed by atoms with Crippen LogP contribution in [0.25, 0.3) is 0 Å². The molecule has 0 heterocycles. The fraction of sp³-hybridized carbons (Fsp3) is 0.176. The van der Waals surface area contributed by atoms with Gasteiger partial charge in [0.1, 0.15) is 17.1 Å². The van der Waals surface area contributed by atoms with Crippen LogP contribution < -0.4 is 10.1 Å². The van der Waals surface area contributed by atoms with Crippen LogP contribution in [0.2, 0.25) is 5.02 Å². The van der Waals surface area contributed by atoms with Gasteiger partial charge in [0.15, 0.2) is 6.61 Å². The number of amides is 1. The minimum absolute atomic E-state index is 0.0707. The van der Waals surface area contributed by atoms with E-state index < -0.39 is 24.3 Å². The Kier molecular flexibility index (Phi) is 6.14. The first-order valence-corrected chi connectivity index (χ1v) is 7.40. The lowest BCUT2D eigenvalue weighted by Crippen LogP contribution is -2.28. The predicted molar refractivity (Wildman–Crippen MR) is 86.5 cm³/mol. The van der Waals surface area contributed by atoms with Crippen LogP contribution in [-0.4, -0.2) is 25.6 Å². The fourth-order valence-electron chi connectivity index (χ4n) is 1.89. The Balaban J connectivity index is 1.83. The number of carbonyl (C=O) groups excluding carboxylic acids is 2. The van der Waals surface area contributed by atoms with E-state index in [1.54, 1.807) is 31.4 Å². The molecule has 0 aliphatic rings. The molecular formula is C17H15ClFNO4. The smallest absolute Gasteiger partial charge is 0.343 e. The quantitative estimate of drug-likeness (QED) is 0.813. The molecule has 0 aliphatic carbocycles. The number of halogens is 2. The van der Waals surface area contributed by atoms with Crippen LogP contribution in [0.3, 0.4) is 0 Å². The van der Waals surface area contributed by atoms with Crippen LogP contribution >= 0.6 is 11.6 Å². The Bertz CT molecular complexity index is 714. The molecule has 0 radical (unpaired) electrons. The molecule has 0 aliphatic heterocycles. The molecule has 24 heavy (non-hydrogen) atoms. The Hall–Kier alpha value is -2.60. The first kappa shape index (κ1) is 17.7. The van der Waals surface area contributed by atoms with Gasteiger partial charge in [0.2, 0.25) is 0 Å². The number of rotatable bonds is 6. The number of methoxy groups -OCH3 is 1. The summed E-state index contributed by atoms with van der Waals surface area (Å²) >= 11 is 5.75. The first-order valence-electron chi connectivity index (χ1n) is 7.02. The molecule has 7 heteroatoms. The van der Waals surface area contributed by atoms with Crippen molar-refractivity contribution in [3.8, 4) is 5.75 Å². The number of carbonyl (C=O) groups is 2. The van der Waals surface area contributed by atoms with Gasteiger partial charge in [-0.15, -0.1) is 0 Å². The molecule has 0 spiro atoms. The average molecular weight is 352 g/mol. The van der Waals surface area contributed by atoms with Crippen LogP contribution in [0, 0.1) is 5.82 Å². The summed E-state index contributed by atoms with van der Waals surface area (Å²) in [5.41, 5.74) is 0.467. The Labute approximate surface area is 143 Å². The highest BCUT2D eigenvalue weighted by atomic mass is 35.5. The monoisotopic (exact) mass is 351 g/mol. The lowest BCUT2D eigenvalue weighted by Gasteiger charge is -2.08. The minimum atomic E-state index is -0.988. The lowest BCUT2D eigenvalue weighted by molar-refractivity contribution is -0.124. The van der Waals surface area contributed by atoms with Crippen molar-refractivity contribution in [2.45, 2.75) is 6.54 Å². The summed E-state index contributed by atoms with van der Waals surface area (Å²) < 4.78 is 23.4. The van der Waals surface area contributed by atoms with Gasteiger partial charge in [0.25, 0.3) is 5.91 Å². The molecule has 1 N–H and O–H groups in total. The molecule has 0 fully saturated rings. The molecule has 5 nitrogen and oxygen atoms in total. The number of ether oxygens (including phenoxy) is 2.